The molecule has 6 nitrogen and oxygen atoms in total. The van der Waals surface area contributed by atoms with Crippen LogP contribution in [0.2, 0.25) is 0 Å². The van der Waals surface area contributed by atoms with Gasteiger partial charge in [0.1, 0.15) is 5.76 Å². The molecule has 0 saturated heterocycles. The molecular weight excluding hydrogens is 375 g/mol. The molecule has 7 heteroatoms. The second kappa shape index (κ2) is 6.04. The van der Waals surface area contributed by atoms with Crippen molar-refractivity contribution in [2.75, 3.05) is 0 Å². The summed E-state index contributed by atoms with van der Waals surface area (Å²) in [5.41, 5.74) is 0.166. The smallest absolute Gasteiger partial charge is 0.270 e. The van der Waals surface area contributed by atoms with Crippen molar-refractivity contribution in [1.29, 1.82) is 0 Å². The van der Waals surface area contributed by atoms with Crippen LogP contribution in [-0.4, -0.2) is 10.8 Å². The molecule has 1 N–H and O–H groups in total. The number of halogens is 1. The Labute approximate surface area is 128 Å². The summed E-state index contributed by atoms with van der Waals surface area (Å²) >= 11 is 1.97. The Kier molecular flexibility index (Phi) is 4.38. The van der Waals surface area contributed by atoms with Crippen LogP contribution in [0.15, 0.2) is 41.0 Å². The van der Waals surface area contributed by atoms with E-state index in [1.165, 1.54) is 18.4 Å². The molecule has 20 heavy (non-hydrogen) atoms. The van der Waals surface area contributed by atoms with E-state index in [1.54, 1.807) is 25.1 Å². The van der Waals surface area contributed by atoms with E-state index in [2.05, 4.69) is 5.32 Å². The number of amides is 1. The highest BCUT2D eigenvalue weighted by Crippen LogP contribution is 2.21. The van der Waals surface area contributed by atoms with Gasteiger partial charge in [-0.1, -0.05) is 0 Å². The summed E-state index contributed by atoms with van der Waals surface area (Å²) in [7, 11) is 0. The van der Waals surface area contributed by atoms with Crippen molar-refractivity contribution in [3.63, 3.8) is 0 Å². The zero-order valence-electron chi connectivity index (χ0n) is 10.5. The predicted octanol–water partition coefficient (Wildman–Crippen LogP) is 3.28. The van der Waals surface area contributed by atoms with Crippen LogP contribution in [0, 0.1) is 13.7 Å². The highest BCUT2D eigenvalue weighted by Gasteiger charge is 2.18. The van der Waals surface area contributed by atoms with Crippen LogP contribution in [0.25, 0.3) is 0 Å². The lowest BCUT2D eigenvalue weighted by molar-refractivity contribution is -0.384. The van der Waals surface area contributed by atoms with Crippen LogP contribution < -0.4 is 5.32 Å². The molecule has 1 heterocycles. The molecule has 0 aliphatic carbocycles. The molecule has 1 amide bonds. The Morgan fingerprint density at radius 2 is 2.20 bits per heavy atom. The third kappa shape index (κ3) is 3.16. The lowest BCUT2D eigenvalue weighted by Crippen LogP contribution is -2.27. The van der Waals surface area contributed by atoms with Crippen molar-refractivity contribution in [1.82, 2.24) is 5.32 Å². The molecule has 1 aromatic heterocycles. The first-order valence-corrected chi connectivity index (χ1v) is 6.85. The molecule has 1 atom stereocenters. The van der Waals surface area contributed by atoms with Crippen molar-refractivity contribution < 1.29 is 14.1 Å². The number of rotatable bonds is 4. The third-order valence-corrected chi connectivity index (χ3v) is 3.66. The minimum atomic E-state index is -0.525. The number of nitrogens with zero attached hydrogens (tertiary/aromatic N) is 1. The number of carbonyl (C=O) groups excluding carboxylic acids is 1. The molecule has 2 aromatic rings. The molecule has 2 rings (SSSR count). The molecule has 0 saturated carbocycles. The monoisotopic (exact) mass is 386 g/mol. The Hall–Kier alpha value is -1.90. The fourth-order valence-electron chi connectivity index (χ4n) is 1.68. The maximum Gasteiger partial charge on any atom is 0.270 e. The summed E-state index contributed by atoms with van der Waals surface area (Å²) in [6.45, 7) is 1.78. The summed E-state index contributed by atoms with van der Waals surface area (Å²) in [5.74, 6) is 0.251. The maximum atomic E-state index is 12.2. The van der Waals surface area contributed by atoms with Gasteiger partial charge in [-0.25, -0.2) is 0 Å². The predicted molar refractivity (Wildman–Crippen MR) is 80.4 cm³/mol. The van der Waals surface area contributed by atoms with Gasteiger partial charge in [0.05, 0.1) is 22.8 Å². The van der Waals surface area contributed by atoms with Gasteiger partial charge in [0, 0.05) is 15.7 Å². The quantitative estimate of drug-likeness (QED) is 0.497. The zero-order chi connectivity index (χ0) is 14.7. The second-order valence-electron chi connectivity index (χ2n) is 4.13. The van der Waals surface area contributed by atoms with Crippen LogP contribution in [-0.2, 0) is 0 Å². The largest absolute Gasteiger partial charge is 0.467 e. The van der Waals surface area contributed by atoms with Gasteiger partial charge in [0.15, 0.2) is 0 Å². The molecule has 1 unspecified atom stereocenters. The van der Waals surface area contributed by atoms with Crippen LogP contribution in [0.5, 0.6) is 0 Å². The standard InChI is InChI=1S/C13H11IN2O4/c1-8(12-3-2-6-20-12)15-13(17)10-7-9(16(18)19)4-5-11(10)14/h2-8H,1H3,(H,15,17). The van der Waals surface area contributed by atoms with E-state index in [1.807, 2.05) is 22.6 Å². The Morgan fingerprint density at radius 1 is 1.45 bits per heavy atom. The van der Waals surface area contributed by atoms with E-state index in [0.717, 1.165) is 0 Å². The minimum absolute atomic E-state index is 0.110. The molecule has 0 radical (unpaired) electrons. The molecule has 0 aliphatic heterocycles. The number of hydrogen-bond acceptors (Lipinski definition) is 4. The van der Waals surface area contributed by atoms with E-state index in [9.17, 15) is 14.9 Å². The van der Waals surface area contributed by atoms with Crippen molar-refractivity contribution in [3.8, 4) is 0 Å². The molecule has 0 bridgehead atoms. The van der Waals surface area contributed by atoms with Gasteiger partial charge in [0.25, 0.3) is 11.6 Å². The van der Waals surface area contributed by atoms with Crippen molar-refractivity contribution in [2.24, 2.45) is 0 Å². The van der Waals surface area contributed by atoms with Crippen molar-refractivity contribution >= 4 is 34.2 Å². The molecular formula is C13H11IN2O4. The van der Waals surface area contributed by atoms with Crippen LogP contribution in [0.3, 0.4) is 0 Å². The van der Waals surface area contributed by atoms with E-state index in [-0.39, 0.29) is 23.2 Å². The number of nitro groups is 1. The van der Waals surface area contributed by atoms with Crippen molar-refractivity contribution in [2.45, 2.75) is 13.0 Å². The molecule has 0 spiro atoms. The lowest BCUT2D eigenvalue weighted by Gasteiger charge is -2.12. The first kappa shape index (κ1) is 14.5. The Bertz CT molecular complexity index is 640. The van der Waals surface area contributed by atoms with E-state index in [4.69, 9.17) is 4.42 Å². The van der Waals surface area contributed by atoms with Gasteiger partial charge >= 0.3 is 0 Å². The molecule has 0 aliphatic rings. The summed E-state index contributed by atoms with van der Waals surface area (Å²) in [6, 6.07) is 7.36. The fourth-order valence-corrected chi connectivity index (χ4v) is 2.26. The van der Waals surface area contributed by atoms with Crippen LogP contribution in [0.4, 0.5) is 5.69 Å². The number of benzene rings is 1. The number of nitro benzene ring substituents is 1. The van der Waals surface area contributed by atoms with Gasteiger partial charge in [-0.05, 0) is 47.7 Å². The number of non-ortho nitro benzene ring substituents is 1. The lowest BCUT2D eigenvalue weighted by atomic mass is 10.1. The second-order valence-corrected chi connectivity index (χ2v) is 5.29. The van der Waals surface area contributed by atoms with E-state index < -0.39 is 4.92 Å². The number of furan rings is 1. The van der Waals surface area contributed by atoms with Crippen LogP contribution in [0.1, 0.15) is 29.1 Å². The van der Waals surface area contributed by atoms with E-state index >= 15 is 0 Å². The number of nitrogens with one attached hydrogen (secondary N) is 1. The molecule has 104 valence electrons. The maximum absolute atomic E-state index is 12.2. The minimum Gasteiger partial charge on any atom is -0.467 e. The SMILES string of the molecule is CC(NC(=O)c1cc([N+](=O)[O-])ccc1I)c1ccco1. The molecule has 1 aromatic carbocycles. The third-order valence-electron chi connectivity index (χ3n) is 2.72. The average molecular weight is 386 g/mol. The summed E-state index contributed by atoms with van der Waals surface area (Å²) < 4.78 is 5.85. The average Bonchev–Trinajstić information content (AvgIpc) is 2.92. The number of hydrogen-bond donors (Lipinski definition) is 1. The molecule has 0 fully saturated rings. The fraction of sp³-hybridized carbons (Fsp3) is 0.154. The first-order chi connectivity index (χ1) is 9.49. The highest BCUT2D eigenvalue weighted by molar-refractivity contribution is 14.1. The zero-order valence-corrected chi connectivity index (χ0v) is 12.7. The highest BCUT2D eigenvalue weighted by atomic mass is 127. The van der Waals surface area contributed by atoms with Crippen molar-refractivity contribution in [3.05, 3.63) is 61.6 Å². The normalized spacial score (nSPS) is 11.9. The van der Waals surface area contributed by atoms with Gasteiger partial charge in [-0.3, -0.25) is 14.9 Å². The Balaban J connectivity index is 2.20. The Morgan fingerprint density at radius 3 is 2.80 bits per heavy atom. The summed E-state index contributed by atoms with van der Waals surface area (Å²) in [4.78, 5) is 22.4. The van der Waals surface area contributed by atoms with Gasteiger partial charge in [-0.2, -0.15) is 0 Å². The number of carbonyl (C=O) groups is 1. The summed E-state index contributed by atoms with van der Waals surface area (Å²) in [5, 5.41) is 13.5. The van der Waals surface area contributed by atoms with Gasteiger partial charge < -0.3 is 9.73 Å². The van der Waals surface area contributed by atoms with E-state index in [0.29, 0.717) is 9.33 Å². The van der Waals surface area contributed by atoms with Gasteiger partial charge in [-0.15, -0.1) is 0 Å². The van der Waals surface area contributed by atoms with Crippen LogP contribution >= 0.6 is 22.6 Å². The van der Waals surface area contributed by atoms with Gasteiger partial charge in [0.2, 0.25) is 0 Å². The summed E-state index contributed by atoms with van der Waals surface area (Å²) in [6.07, 6.45) is 1.52. The topological polar surface area (TPSA) is 85.4 Å². The first-order valence-electron chi connectivity index (χ1n) is 5.77.